The Kier molecular flexibility index (Phi) is 8.54. The van der Waals surface area contributed by atoms with Crippen molar-refractivity contribution in [3.63, 3.8) is 0 Å². The van der Waals surface area contributed by atoms with Gasteiger partial charge >= 0.3 is 0 Å². The van der Waals surface area contributed by atoms with Gasteiger partial charge in [0.25, 0.3) is 0 Å². The van der Waals surface area contributed by atoms with Crippen LogP contribution in [0.5, 0.6) is 0 Å². The third kappa shape index (κ3) is 7.06. The molecule has 0 aliphatic carbocycles. The molecule has 1 aliphatic heterocycles. The van der Waals surface area contributed by atoms with Gasteiger partial charge in [0.15, 0.2) is 0 Å². The highest BCUT2D eigenvalue weighted by atomic mass is 16.2. The van der Waals surface area contributed by atoms with Crippen LogP contribution in [0.3, 0.4) is 0 Å². The first-order valence-corrected chi connectivity index (χ1v) is 7.94. The van der Waals surface area contributed by atoms with Crippen molar-refractivity contribution in [1.82, 2.24) is 15.1 Å². The number of carbonyl (C=O) groups is 1. The van der Waals surface area contributed by atoms with Gasteiger partial charge in [-0.15, -0.1) is 6.58 Å². The molecule has 0 aromatic rings. The molecule has 0 saturated carbocycles. The van der Waals surface area contributed by atoms with E-state index in [0.717, 1.165) is 19.0 Å². The van der Waals surface area contributed by atoms with Gasteiger partial charge in [-0.3, -0.25) is 9.69 Å². The number of rotatable bonds is 9. The maximum atomic E-state index is 11.6. The van der Waals surface area contributed by atoms with Gasteiger partial charge in [-0.05, 0) is 51.9 Å². The van der Waals surface area contributed by atoms with Crippen molar-refractivity contribution in [2.45, 2.75) is 32.6 Å². The molecule has 4 nitrogen and oxygen atoms in total. The molecule has 1 N–H and O–H groups in total. The van der Waals surface area contributed by atoms with Crippen molar-refractivity contribution in [3.8, 4) is 0 Å². The number of carbonyl (C=O) groups excluding carboxylic acids is 1. The molecular formula is C16H31N3O. The number of hydrogen-bond donors (Lipinski definition) is 1. The topological polar surface area (TPSA) is 35.6 Å². The van der Waals surface area contributed by atoms with Gasteiger partial charge < -0.3 is 10.2 Å². The van der Waals surface area contributed by atoms with E-state index in [9.17, 15) is 4.79 Å². The van der Waals surface area contributed by atoms with Gasteiger partial charge in [0.2, 0.25) is 5.91 Å². The van der Waals surface area contributed by atoms with Crippen molar-refractivity contribution in [1.29, 1.82) is 0 Å². The summed E-state index contributed by atoms with van der Waals surface area (Å²) in [5.74, 6) is 0.910. The average molecular weight is 281 g/mol. The van der Waals surface area contributed by atoms with E-state index in [4.69, 9.17) is 0 Å². The number of amides is 1. The zero-order chi connectivity index (χ0) is 14.8. The van der Waals surface area contributed by atoms with Crippen molar-refractivity contribution in [2.75, 3.05) is 46.3 Å². The maximum absolute atomic E-state index is 11.6. The second kappa shape index (κ2) is 9.94. The lowest BCUT2D eigenvalue weighted by Crippen LogP contribution is -2.43. The third-order valence-corrected chi connectivity index (χ3v) is 3.98. The smallest absolute Gasteiger partial charge is 0.234 e. The molecule has 0 spiro atoms. The Labute approximate surface area is 124 Å². The fourth-order valence-electron chi connectivity index (χ4n) is 2.73. The van der Waals surface area contributed by atoms with E-state index in [0.29, 0.717) is 13.1 Å². The van der Waals surface area contributed by atoms with E-state index in [1.165, 1.54) is 38.8 Å². The van der Waals surface area contributed by atoms with Gasteiger partial charge in [-0.1, -0.05) is 19.4 Å². The highest BCUT2D eigenvalue weighted by molar-refractivity contribution is 5.78. The number of nitrogens with one attached hydrogen (secondary N) is 1. The summed E-state index contributed by atoms with van der Waals surface area (Å²) in [5, 5.41) is 2.84. The minimum absolute atomic E-state index is 0.114. The molecule has 0 aromatic heterocycles. The van der Waals surface area contributed by atoms with Gasteiger partial charge in [0.05, 0.1) is 6.54 Å². The van der Waals surface area contributed by atoms with Crippen LogP contribution in [0, 0.1) is 5.92 Å². The molecule has 4 heteroatoms. The molecule has 1 amide bonds. The molecule has 1 rings (SSSR count). The number of likely N-dealkylation sites (tertiary alicyclic amines) is 1. The standard InChI is InChI=1S/C16H31N3O/c1-4-6-10-18(3)13-15-7-11-19(12-8-15)14-16(20)17-9-5-2/h5,15H,2,4,6-14H2,1,3H3,(H,17,20). The first kappa shape index (κ1) is 17.2. The van der Waals surface area contributed by atoms with Gasteiger partial charge in [-0.2, -0.15) is 0 Å². The average Bonchev–Trinajstić information content (AvgIpc) is 2.45. The molecule has 1 saturated heterocycles. The molecule has 1 aliphatic rings. The van der Waals surface area contributed by atoms with Crippen molar-refractivity contribution in [2.24, 2.45) is 5.92 Å². The fourth-order valence-corrected chi connectivity index (χ4v) is 2.73. The van der Waals surface area contributed by atoms with Crippen LogP contribution in [0.15, 0.2) is 12.7 Å². The predicted octanol–water partition coefficient (Wildman–Crippen LogP) is 1.73. The molecular weight excluding hydrogens is 250 g/mol. The molecule has 0 aromatic carbocycles. The molecule has 1 heterocycles. The fraction of sp³-hybridized carbons (Fsp3) is 0.812. The first-order chi connectivity index (χ1) is 9.65. The largest absolute Gasteiger partial charge is 0.352 e. The Hall–Kier alpha value is -0.870. The zero-order valence-corrected chi connectivity index (χ0v) is 13.2. The summed E-state index contributed by atoms with van der Waals surface area (Å²) in [6, 6.07) is 0. The lowest BCUT2D eigenvalue weighted by Gasteiger charge is -2.33. The maximum Gasteiger partial charge on any atom is 0.234 e. The van der Waals surface area contributed by atoms with Crippen LogP contribution in [0.25, 0.3) is 0 Å². The van der Waals surface area contributed by atoms with E-state index >= 15 is 0 Å². The van der Waals surface area contributed by atoms with Crippen LogP contribution in [-0.2, 0) is 4.79 Å². The van der Waals surface area contributed by atoms with Gasteiger partial charge in [0, 0.05) is 13.1 Å². The van der Waals surface area contributed by atoms with Crippen molar-refractivity contribution in [3.05, 3.63) is 12.7 Å². The second-order valence-corrected chi connectivity index (χ2v) is 5.93. The molecule has 0 bridgehead atoms. The monoisotopic (exact) mass is 281 g/mol. The Bertz CT molecular complexity index is 285. The Morgan fingerprint density at radius 3 is 2.75 bits per heavy atom. The number of unbranched alkanes of at least 4 members (excludes halogenated alkanes) is 1. The third-order valence-electron chi connectivity index (χ3n) is 3.98. The number of piperidine rings is 1. The summed E-state index contributed by atoms with van der Waals surface area (Å²) in [4.78, 5) is 16.4. The van der Waals surface area contributed by atoms with E-state index in [1.54, 1.807) is 6.08 Å². The van der Waals surface area contributed by atoms with E-state index < -0.39 is 0 Å². The van der Waals surface area contributed by atoms with Crippen molar-refractivity contribution < 1.29 is 4.79 Å². The van der Waals surface area contributed by atoms with Crippen molar-refractivity contribution >= 4 is 5.91 Å². The van der Waals surface area contributed by atoms with E-state index in [2.05, 4.69) is 35.7 Å². The second-order valence-electron chi connectivity index (χ2n) is 5.93. The minimum Gasteiger partial charge on any atom is -0.352 e. The van der Waals surface area contributed by atoms with Crippen LogP contribution in [0.4, 0.5) is 0 Å². The zero-order valence-electron chi connectivity index (χ0n) is 13.2. The predicted molar refractivity (Wildman–Crippen MR) is 84.8 cm³/mol. The summed E-state index contributed by atoms with van der Waals surface area (Å²) in [6.07, 6.45) is 6.70. The molecule has 0 unspecified atom stereocenters. The molecule has 0 radical (unpaired) electrons. The first-order valence-electron chi connectivity index (χ1n) is 7.94. The Morgan fingerprint density at radius 2 is 2.15 bits per heavy atom. The summed E-state index contributed by atoms with van der Waals surface area (Å²) in [5.41, 5.74) is 0. The highest BCUT2D eigenvalue weighted by Gasteiger charge is 2.21. The van der Waals surface area contributed by atoms with Crippen LogP contribution in [0.2, 0.25) is 0 Å². The summed E-state index contributed by atoms with van der Waals surface area (Å²) >= 11 is 0. The Balaban J connectivity index is 2.16. The Morgan fingerprint density at radius 1 is 1.45 bits per heavy atom. The molecule has 1 fully saturated rings. The van der Waals surface area contributed by atoms with Crippen LogP contribution < -0.4 is 5.32 Å². The lowest BCUT2D eigenvalue weighted by molar-refractivity contribution is -0.122. The van der Waals surface area contributed by atoms with Crippen LogP contribution in [0.1, 0.15) is 32.6 Å². The van der Waals surface area contributed by atoms with E-state index in [-0.39, 0.29) is 5.91 Å². The van der Waals surface area contributed by atoms with Gasteiger partial charge in [0.1, 0.15) is 0 Å². The van der Waals surface area contributed by atoms with Gasteiger partial charge in [-0.25, -0.2) is 0 Å². The minimum atomic E-state index is 0.114. The SMILES string of the molecule is C=CCNC(=O)CN1CCC(CN(C)CCCC)CC1. The van der Waals surface area contributed by atoms with E-state index in [1.807, 2.05) is 0 Å². The summed E-state index contributed by atoms with van der Waals surface area (Å²) < 4.78 is 0. The quantitative estimate of drug-likeness (QED) is 0.654. The summed E-state index contributed by atoms with van der Waals surface area (Å²) in [7, 11) is 2.23. The lowest BCUT2D eigenvalue weighted by atomic mass is 9.96. The number of nitrogens with zero attached hydrogens (tertiary/aromatic N) is 2. The molecule has 116 valence electrons. The number of hydrogen-bond acceptors (Lipinski definition) is 3. The van der Waals surface area contributed by atoms with Crippen LogP contribution >= 0.6 is 0 Å². The molecule has 0 atom stereocenters. The molecule has 20 heavy (non-hydrogen) atoms. The summed E-state index contributed by atoms with van der Waals surface area (Å²) in [6.45, 7) is 11.5. The highest BCUT2D eigenvalue weighted by Crippen LogP contribution is 2.17. The normalized spacial score (nSPS) is 17.4. The van der Waals surface area contributed by atoms with Crippen LogP contribution in [-0.4, -0.2) is 62.0 Å².